The van der Waals surface area contributed by atoms with E-state index in [-0.39, 0.29) is 6.10 Å². The van der Waals surface area contributed by atoms with E-state index in [1.165, 1.54) is 73.7 Å². The van der Waals surface area contributed by atoms with Gasteiger partial charge in [-0.1, -0.05) is 19.3 Å². The Kier molecular flexibility index (Phi) is 4.41. The van der Waals surface area contributed by atoms with Crippen LogP contribution in [0.1, 0.15) is 67.6 Å². The summed E-state index contributed by atoms with van der Waals surface area (Å²) in [6.45, 7) is 2.19. The molecule has 3 rings (SSSR count). The van der Waals surface area contributed by atoms with Crippen LogP contribution in [0.2, 0.25) is 0 Å². The van der Waals surface area contributed by atoms with Gasteiger partial charge in [-0.15, -0.1) is 11.3 Å². The number of hydrogen-bond donors (Lipinski definition) is 1. The number of hydrogen-bond acceptors (Lipinski definition) is 3. The standard InChI is InChI=1S/C16H24N2OS/c1-11(19-12-6-3-2-4-7-12)15-13-8-5-9-14(13)20-16(15)18-10-17/h10-12H,2-9H2,1H3,(H2,17,18). The molecule has 1 atom stereocenters. The van der Waals surface area contributed by atoms with Gasteiger partial charge in [0.1, 0.15) is 5.00 Å². The first-order valence-corrected chi connectivity index (χ1v) is 8.65. The Bertz CT molecular complexity index is 489. The number of thiophene rings is 1. The van der Waals surface area contributed by atoms with E-state index in [9.17, 15) is 0 Å². The van der Waals surface area contributed by atoms with Crippen molar-refractivity contribution in [2.75, 3.05) is 0 Å². The molecule has 1 unspecified atom stereocenters. The van der Waals surface area contributed by atoms with Crippen molar-refractivity contribution in [1.82, 2.24) is 0 Å². The molecule has 0 spiro atoms. The second-order valence-electron chi connectivity index (χ2n) is 5.89. The fraction of sp³-hybridized carbons (Fsp3) is 0.688. The maximum absolute atomic E-state index is 6.34. The monoisotopic (exact) mass is 292 g/mol. The smallest absolute Gasteiger partial charge is 0.124 e. The number of nitrogens with zero attached hydrogens (tertiary/aromatic N) is 1. The van der Waals surface area contributed by atoms with E-state index in [2.05, 4.69) is 11.9 Å². The predicted octanol–water partition coefficient (Wildman–Crippen LogP) is 4.27. The number of ether oxygens (including phenoxy) is 1. The lowest BCUT2D eigenvalue weighted by molar-refractivity contribution is -0.0221. The fourth-order valence-electron chi connectivity index (χ4n) is 3.56. The van der Waals surface area contributed by atoms with Gasteiger partial charge in [0.05, 0.1) is 18.5 Å². The lowest BCUT2D eigenvalue weighted by Gasteiger charge is -2.26. The van der Waals surface area contributed by atoms with Gasteiger partial charge >= 0.3 is 0 Å². The van der Waals surface area contributed by atoms with Gasteiger partial charge in [0.25, 0.3) is 0 Å². The highest BCUT2D eigenvalue weighted by Gasteiger charge is 2.27. The first-order chi connectivity index (χ1) is 9.79. The van der Waals surface area contributed by atoms with Gasteiger partial charge in [-0.05, 0) is 44.6 Å². The van der Waals surface area contributed by atoms with Crippen LogP contribution in [-0.2, 0) is 17.6 Å². The van der Waals surface area contributed by atoms with Crippen molar-refractivity contribution in [2.24, 2.45) is 10.7 Å². The van der Waals surface area contributed by atoms with Gasteiger partial charge in [0, 0.05) is 10.4 Å². The van der Waals surface area contributed by atoms with Crippen LogP contribution < -0.4 is 5.73 Å². The molecule has 20 heavy (non-hydrogen) atoms. The Labute approximate surface area is 125 Å². The van der Waals surface area contributed by atoms with Crippen molar-refractivity contribution < 1.29 is 4.74 Å². The minimum Gasteiger partial charge on any atom is -0.390 e. The molecular weight excluding hydrogens is 268 g/mol. The summed E-state index contributed by atoms with van der Waals surface area (Å²) in [7, 11) is 0. The van der Waals surface area contributed by atoms with Crippen LogP contribution in [0.5, 0.6) is 0 Å². The third-order valence-electron chi connectivity index (χ3n) is 4.49. The van der Waals surface area contributed by atoms with E-state index in [4.69, 9.17) is 10.5 Å². The molecule has 0 radical (unpaired) electrons. The fourth-order valence-corrected chi connectivity index (χ4v) is 4.88. The molecule has 2 aliphatic rings. The van der Waals surface area contributed by atoms with E-state index in [0.717, 1.165) is 5.00 Å². The van der Waals surface area contributed by atoms with E-state index in [1.807, 2.05) is 0 Å². The van der Waals surface area contributed by atoms with Crippen LogP contribution in [-0.4, -0.2) is 12.4 Å². The molecule has 0 amide bonds. The molecule has 0 saturated heterocycles. The molecule has 1 aromatic heterocycles. The first-order valence-electron chi connectivity index (χ1n) is 7.83. The molecule has 0 aliphatic heterocycles. The third kappa shape index (κ3) is 2.77. The quantitative estimate of drug-likeness (QED) is 0.665. The van der Waals surface area contributed by atoms with Crippen molar-refractivity contribution in [3.05, 3.63) is 16.0 Å². The maximum Gasteiger partial charge on any atom is 0.124 e. The van der Waals surface area contributed by atoms with Crippen LogP contribution in [0.15, 0.2) is 4.99 Å². The van der Waals surface area contributed by atoms with Gasteiger partial charge in [-0.25, -0.2) is 4.99 Å². The van der Waals surface area contributed by atoms with Crippen molar-refractivity contribution >= 4 is 22.7 Å². The van der Waals surface area contributed by atoms with E-state index in [1.54, 1.807) is 11.3 Å². The normalized spacial score (nSPS) is 21.4. The summed E-state index contributed by atoms with van der Waals surface area (Å²) >= 11 is 1.81. The van der Waals surface area contributed by atoms with Gasteiger partial charge in [-0.2, -0.15) is 0 Å². The number of rotatable bonds is 4. The average Bonchev–Trinajstić information content (AvgIpc) is 3.00. The van der Waals surface area contributed by atoms with Crippen LogP contribution >= 0.6 is 11.3 Å². The summed E-state index contributed by atoms with van der Waals surface area (Å²) < 4.78 is 6.34. The zero-order valence-corrected chi connectivity index (χ0v) is 13.0. The molecule has 1 fully saturated rings. The summed E-state index contributed by atoms with van der Waals surface area (Å²) in [4.78, 5) is 5.88. The zero-order chi connectivity index (χ0) is 13.9. The highest BCUT2D eigenvalue weighted by Crippen LogP contribution is 2.45. The Morgan fingerprint density at radius 2 is 2.05 bits per heavy atom. The Hall–Kier alpha value is -0.870. The van der Waals surface area contributed by atoms with Crippen LogP contribution in [0.4, 0.5) is 5.00 Å². The van der Waals surface area contributed by atoms with E-state index >= 15 is 0 Å². The van der Waals surface area contributed by atoms with Crippen LogP contribution in [0.3, 0.4) is 0 Å². The minimum atomic E-state index is 0.148. The number of fused-ring (bicyclic) bond motifs is 1. The Balaban J connectivity index is 1.80. The van der Waals surface area contributed by atoms with Crippen LogP contribution in [0.25, 0.3) is 0 Å². The second-order valence-corrected chi connectivity index (χ2v) is 6.98. The molecule has 4 heteroatoms. The molecule has 110 valence electrons. The number of aryl methyl sites for hydroxylation is 1. The van der Waals surface area contributed by atoms with Crippen LogP contribution in [0, 0.1) is 0 Å². The van der Waals surface area contributed by atoms with Crippen molar-refractivity contribution in [3.63, 3.8) is 0 Å². The summed E-state index contributed by atoms with van der Waals surface area (Å²) in [6.07, 6.45) is 12.1. The van der Waals surface area contributed by atoms with Crippen molar-refractivity contribution in [1.29, 1.82) is 0 Å². The number of aliphatic imine (C=N–C) groups is 1. The lowest BCUT2D eigenvalue weighted by Crippen LogP contribution is -2.18. The largest absolute Gasteiger partial charge is 0.390 e. The average molecular weight is 292 g/mol. The van der Waals surface area contributed by atoms with Gasteiger partial charge in [0.15, 0.2) is 0 Å². The second kappa shape index (κ2) is 6.27. The van der Waals surface area contributed by atoms with Crippen molar-refractivity contribution in [2.45, 2.75) is 70.5 Å². The molecular formula is C16H24N2OS. The zero-order valence-electron chi connectivity index (χ0n) is 12.2. The minimum absolute atomic E-state index is 0.148. The SMILES string of the molecule is CC(OC1CCCCC1)c1c(N=CN)sc2c1CCC2. The molecule has 1 aromatic rings. The number of nitrogens with two attached hydrogens (primary N) is 1. The third-order valence-corrected chi connectivity index (χ3v) is 5.71. The molecule has 3 nitrogen and oxygen atoms in total. The maximum atomic E-state index is 6.34. The molecule has 0 aromatic carbocycles. The van der Waals surface area contributed by atoms with E-state index < -0.39 is 0 Å². The lowest BCUT2D eigenvalue weighted by atomic mass is 9.97. The summed E-state index contributed by atoms with van der Waals surface area (Å²) in [5.74, 6) is 0. The van der Waals surface area contributed by atoms with Gasteiger partial charge in [0.2, 0.25) is 0 Å². The highest BCUT2D eigenvalue weighted by molar-refractivity contribution is 7.16. The summed E-state index contributed by atoms with van der Waals surface area (Å²) in [5, 5.41) is 1.07. The molecule has 0 bridgehead atoms. The molecule has 2 N–H and O–H groups in total. The van der Waals surface area contributed by atoms with Gasteiger partial charge in [-0.3, -0.25) is 0 Å². The molecule has 1 saturated carbocycles. The van der Waals surface area contributed by atoms with E-state index in [0.29, 0.717) is 6.10 Å². The Morgan fingerprint density at radius 3 is 2.80 bits per heavy atom. The summed E-state index contributed by atoms with van der Waals surface area (Å²) in [6, 6.07) is 0. The molecule has 2 aliphatic carbocycles. The highest BCUT2D eigenvalue weighted by atomic mass is 32.1. The van der Waals surface area contributed by atoms with Crippen molar-refractivity contribution in [3.8, 4) is 0 Å². The summed E-state index contributed by atoms with van der Waals surface area (Å²) in [5.41, 5.74) is 8.32. The Morgan fingerprint density at radius 1 is 1.25 bits per heavy atom. The predicted molar refractivity (Wildman–Crippen MR) is 85.1 cm³/mol. The van der Waals surface area contributed by atoms with Gasteiger partial charge < -0.3 is 10.5 Å². The molecule has 1 heterocycles. The topological polar surface area (TPSA) is 47.6 Å². The first kappa shape index (κ1) is 14.1.